The Hall–Kier alpha value is -2.70. The number of methoxy groups -OCH3 is 3. The molecular weight excluding hydrogens is 350 g/mol. The lowest BCUT2D eigenvalue weighted by Gasteiger charge is -2.27. The van der Waals surface area contributed by atoms with E-state index < -0.39 is 12.0 Å². The van der Waals surface area contributed by atoms with E-state index >= 15 is 0 Å². The Morgan fingerprint density at radius 3 is 2.44 bits per heavy atom. The van der Waals surface area contributed by atoms with Gasteiger partial charge >= 0.3 is 5.97 Å². The summed E-state index contributed by atoms with van der Waals surface area (Å²) in [7, 11) is 4.48. The van der Waals surface area contributed by atoms with Crippen molar-refractivity contribution in [3.63, 3.8) is 0 Å². The fourth-order valence-corrected chi connectivity index (χ4v) is 3.60. The highest BCUT2D eigenvalue weighted by Gasteiger charge is 2.43. The maximum Gasteiger partial charge on any atom is 0.328 e. The van der Waals surface area contributed by atoms with Gasteiger partial charge in [0.25, 0.3) is 5.91 Å². The number of esters is 1. The van der Waals surface area contributed by atoms with Crippen molar-refractivity contribution in [1.29, 1.82) is 0 Å². The number of hydrogen-bond donors (Lipinski definition) is 0. The van der Waals surface area contributed by atoms with Crippen LogP contribution >= 0.6 is 0 Å². The fraction of sp³-hybridized carbons (Fsp3) is 0.500. The molecule has 27 heavy (non-hydrogen) atoms. The average molecular weight is 375 g/mol. The number of hydrogen-bond acceptors (Lipinski definition) is 6. The van der Waals surface area contributed by atoms with E-state index in [0.29, 0.717) is 36.6 Å². The Bertz CT molecular complexity index is 798. The molecule has 0 aliphatic carbocycles. The number of carbonyl (C=O) groups excluding carboxylic acids is 2. The standard InChI is InChI=1S/C20H25NO6/c1-11(2)8-14(20(23)26-5)21-10-12-9-13-15(24-3)6-7-16(25-4)18(13)27-17(12)19(21)22/h6-7,11,14H,8-10H2,1-5H3. The molecule has 0 bridgehead atoms. The van der Waals surface area contributed by atoms with Gasteiger partial charge in [-0.15, -0.1) is 0 Å². The third-order valence-corrected chi connectivity index (χ3v) is 4.90. The second-order valence-electron chi connectivity index (χ2n) is 7.09. The summed E-state index contributed by atoms with van der Waals surface area (Å²) >= 11 is 0. The van der Waals surface area contributed by atoms with Crippen LogP contribution in [0.3, 0.4) is 0 Å². The molecule has 1 atom stereocenters. The van der Waals surface area contributed by atoms with Crippen LogP contribution in [-0.4, -0.2) is 50.7 Å². The zero-order chi connectivity index (χ0) is 19.7. The molecule has 2 aliphatic heterocycles. The van der Waals surface area contributed by atoms with Crippen molar-refractivity contribution in [2.24, 2.45) is 5.92 Å². The van der Waals surface area contributed by atoms with E-state index in [1.165, 1.54) is 7.11 Å². The maximum absolute atomic E-state index is 13.0. The molecule has 7 nitrogen and oxygen atoms in total. The van der Waals surface area contributed by atoms with Crippen molar-refractivity contribution >= 4 is 11.9 Å². The fourth-order valence-electron chi connectivity index (χ4n) is 3.60. The third kappa shape index (κ3) is 3.34. The number of nitrogens with zero attached hydrogens (tertiary/aromatic N) is 1. The topological polar surface area (TPSA) is 74.3 Å². The molecule has 1 aromatic rings. The van der Waals surface area contributed by atoms with Crippen LogP contribution in [0.1, 0.15) is 25.8 Å². The molecule has 0 spiro atoms. The van der Waals surface area contributed by atoms with E-state index in [1.807, 2.05) is 19.9 Å². The van der Waals surface area contributed by atoms with E-state index in [1.54, 1.807) is 25.2 Å². The summed E-state index contributed by atoms with van der Waals surface area (Å²) in [6, 6.07) is 2.93. The Morgan fingerprint density at radius 2 is 1.85 bits per heavy atom. The van der Waals surface area contributed by atoms with Gasteiger partial charge in [-0.2, -0.15) is 0 Å². The summed E-state index contributed by atoms with van der Waals surface area (Å²) in [4.78, 5) is 26.8. The van der Waals surface area contributed by atoms with Gasteiger partial charge in [-0.25, -0.2) is 4.79 Å². The maximum atomic E-state index is 13.0. The first-order chi connectivity index (χ1) is 12.9. The lowest BCUT2D eigenvalue weighted by molar-refractivity contribution is -0.151. The molecule has 7 heteroatoms. The average Bonchev–Trinajstić information content (AvgIpc) is 2.98. The highest BCUT2D eigenvalue weighted by atomic mass is 16.5. The molecule has 0 fully saturated rings. The summed E-state index contributed by atoms with van der Waals surface area (Å²) in [5.41, 5.74) is 1.67. The van der Waals surface area contributed by atoms with Crippen LogP contribution in [0.25, 0.3) is 0 Å². The molecule has 1 aromatic carbocycles. The quantitative estimate of drug-likeness (QED) is 0.711. The van der Waals surface area contributed by atoms with Gasteiger partial charge in [-0.1, -0.05) is 13.8 Å². The first-order valence-electron chi connectivity index (χ1n) is 8.93. The van der Waals surface area contributed by atoms with Crippen LogP contribution in [0.15, 0.2) is 23.5 Å². The van der Waals surface area contributed by atoms with E-state index in [4.69, 9.17) is 18.9 Å². The molecule has 1 amide bonds. The zero-order valence-electron chi connectivity index (χ0n) is 16.3. The molecule has 1 unspecified atom stereocenters. The summed E-state index contributed by atoms with van der Waals surface area (Å²) < 4.78 is 21.7. The Kier molecular flexibility index (Phi) is 5.30. The number of benzene rings is 1. The van der Waals surface area contributed by atoms with Gasteiger partial charge in [0.05, 0.1) is 21.3 Å². The molecule has 2 heterocycles. The SMILES string of the molecule is COC(=O)C(CC(C)C)N1CC2=C(Oc3c(OC)ccc(OC)c3C2)C1=O. The highest BCUT2D eigenvalue weighted by molar-refractivity contribution is 5.99. The van der Waals surface area contributed by atoms with Crippen molar-refractivity contribution in [2.75, 3.05) is 27.9 Å². The van der Waals surface area contributed by atoms with Gasteiger partial charge in [0.1, 0.15) is 11.8 Å². The van der Waals surface area contributed by atoms with Crippen molar-refractivity contribution < 1.29 is 28.5 Å². The highest BCUT2D eigenvalue weighted by Crippen LogP contribution is 2.45. The molecule has 146 valence electrons. The lowest BCUT2D eigenvalue weighted by Crippen LogP contribution is -2.44. The minimum Gasteiger partial charge on any atom is -0.496 e. The minimum atomic E-state index is -0.636. The number of amides is 1. The summed E-state index contributed by atoms with van der Waals surface area (Å²) in [5, 5.41) is 0. The van der Waals surface area contributed by atoms with Crippen molar-refractivity contribution in [1.82, 2.24) is 4.90 Å². The molecule has 0 saturated heterocycles. The van der Waals surface area contributed by atoms with Gasteiger partial charge in [0.2, 0.25) is 0 Å². The predicted molar refractivity (Wildman–Crippen MR) is 97.9 cm³/mol. The first kappa shape index (κ1) is 19.1. The van der Waals surface area contributed by atoms with Gasteiger partial charge in [-0.05, 0) is 24.5 Å². The van der Waals surface area contributed by atoms with Crippen molar-refractivity contribution in [3.05, 3.63) is 29.0 Å². The predicted octanol–water partition coefficient (Wildman–Crippen LogP) is 2.32. The van der Waals surface area contributed by atoms with Crippen LogP contribution in [0, 0.1) is 5.92 Å². The first-order valence-corrected chi connectivity index (χ1v) is 8.93. The Balaban J connectivity index is 1.92. The van der Waals surface area contributed by atoms with Crippen molar-refractivity contribution in [2.45, 2.75) is 32.7 Å². The summed E-state index contributed by atoms with van der Waals surface area (Å²) in [6.07, 6.45) is 1.03. The number of rotatable bonds is 6. The smallest absolute Gasteiger partial charge is 0.328 e. The Labute approximate surface area is 158 Å². The molecule has 2 aliphatic rings. The van der Waals surface area contributed by atoms with Crippen LogP contribution in [-0.2, 0) is 20.7 Å². The molecule has 0 saturated carbocycles. The molecular formula is C20H25NO6. The van der Waals surface area contributed by atoms with Gasteiger partial charge < -0.3 is 23.8 Å². The Morgan fingerprint density at radius 1 is 1.19 bits per heavy atom. The molecule has 3 rings (SSSR count). The monoisotopic (exact) mass is 375 g/mol. The van der Waals surface area contributed by atoms with E-state index in [2.05, 4.69) is 0 Å². The molecule has 0 aromatic heterocycles. The number of fused-ring (bicyclic) bond motifs is 1. The normalized spacial score (nSPS) is 16.7. The van der Waals surface area contributed by atoms with Gasteiger partial charge in [0.15, 0.2) is 17.3 Å². The lowest BCUT2D eigenvalue weighted by atomic mass is 9.99. The second-order valence-corrected chi connectivity index (χ2v) is 7.09. The minimum absolute atomic E-state index is 0.234. The molecule has 0 radical (unpaired) electrons. The van der Waals surface area contributed by atoms with Gasteiger partial charge in [0, 0.05) is 24.1 Å². The summed E-state index contributed by atoms with van der Waals surface area (Å²) in [5.74, 6) is 1.50. The van der Waals surface area contributed by atoms with Crippen molar-refractivity contribution in [3.8, 4) is 17.2 Å². The van der Waals surface area contributed by atoms with Crippen LogP contribution < -0.4 is 14.2 Å². The number of ether oxygens (including phenoxy) is 4. The second kappa shape index (κ2) is 7.50. The largest absolute Gasteiger partial charge is 0.496 e. The number of carbonyl (C=O) groups is 2. The van der Waals surface area contributed by atoms with Crippen LogP contribution in [0.4, 0.5) is 0 Å². The third-order valence-electron chi connectivity index (χ3n) is 4.90. The zero-order valence-corrected chi connectivity index (χ0v) is 16.3. The van der Waals surface area contributed by atoms with Gasteiger partial charge in [-0.3, -0.25) is 4.79 Å². The van der Waals surface area contributed by atoms with E-state index in [-0.39, 0.29) is 17.6 Å². The van der Waals surface area contributed by atoms with E-state index in [0.717, 1.165) is 11.1 Å². The van der Waals surface area contributed by atoms with E-state index in [9.17, 15) is 9.59 Å². The summed E-state index contributed by atoms with van der Waals surface area (Å²) in [6.45, 7) is 4.35. The van der Waals surface area contributed by atoms with Crippen LogP contribution in [0.5, 0.6) is 17.2 Å². The van der Waals surface area contributed by atoms with Crippen LogP contribution in [0.2, 0.25) is 0 Å². The molecule has 0 N–H and O–H groups in total.